The van der Waals surface area contributed by atoms with Gasteiger partial charge in [0.2, 0.25) is 5.88 Å². The zero-order chi connectivity index (χ0) is 13.0. The van der Waals surface area contributed by atoms with Crippen molar-refractivity contribution in [2.24, 2.45) is 5.73 Å². The van der Waals surface area contributed by atoms with Crippen molar-refractivity contribution < 1.29 is 4.74 Å². The fourth-order valence-corrected chi connectivity index (χ4v) is 2.32. The minimum Gasteiger partial charge on any atom is -0.477 e. The van der Waals surface area contributed by atoms with Gasteiger partial charge in [0, 0.05) is 29.6 Å². The third-order valence-corrected chi connectivity index (χ3v) is 3.70. The molecule has 1 atom stereocenters. The lowest BCUT2D eigenvalue weighted by Gasteiger charge is -2.07. The molecular weight excluding hydrogens is 246 g/mol. The van der Waals surface area contributed by atoms with Gasteiger partial charge in [-0.3, -0.25) is 0 Å². The van der Waals surface area contributed by atoms with Gasteiger partial charge < -0.3 is 10.5 Å². The molecule has 96 valence electrons. The average molecular weight is 263 g/mol. The second-order valence-corrected chi connectivity index (χ2v) is 5.12. The summed E-state index contributed by atoms with van der Waals surface area (Å²) >= 11 is 1.66. The van der Waals surface area contributed by atoms with Crippen molar-refractivity contribution in [2.45, 2.75) is 26.3 Å². The van der Waals surface area contributed by atoms with Crippen LogP contribution in [0.3, 0.4) is 0 Å². The zero-order valence-corrected chi connectivity index (χ0v) is 11.4. The van der Waals surface area contributed by atoms with Gasteiger partial charge in [-0.15, -0.1) is 11.3 Å². The van der Waals surface area contributed by atoms with Crippen molar-refractivity contribution >= 4 is 11.3 Å². The Morgan fingerprint density at radius 1 is 1.39 bits per heavy atom. The first-order valence-electron chi connectivity index (χ1n) is 5.90. The maximum atomic E-state index is 5.76. The SMILES string of the molecule is Cc1ncsc1CCOc1ccc([C@@H](C)N)cn1. The summed E-state index contributed by atoms with van der Waals surface area (Å²) < 4.78 is 5.60. The van der Waals surface area contributed by atoms with Crippen molar-refractivity contribution in [1.29, 1.82) is 0 Å². The molecule has 0 amide bonds. The van der Waals surface area contributed by atoms with Crippen LogP contribution in [0.25, 0.3) is 0 Å². The Balaban J connectivity index is 1.85. The number of hydrogen-bond donors (Lipinski definition) is 1. The molecule has 18 heavy (non-hydrogen) atoms. The molecule has 2 N–H and O–H groups in total. The summed E-state index contributed by atoms with van der Waals surface area (Å²) in [6.45, 7) is 4.57. The number of rotatable bonds is 5. The summed E-state index contributed by atoms with van der Waals surface area (Å²) in [6.07, 6.45) is 2.63. The molecule has 0 aliphatic rings. The summed E-state index contributed by atoms with van der Waals surface area (Å²) in [6, 6.07) is 3.81. The number of ether oxygens (including phenoxy) is 1. The van der Waals surface area contributed by atoms with Gasteiger partial charge in [0.1, 0.15) is 0 Å². The van der Waals surface area contributed by atoms with E-state index in [1.165, 1.54) is 4.88 Å². The van der Waals surface area contributed by atoms with E-state index in [1.807, 2.05) is 31.5 Å². The van der Waals surface area contributed by atoms with Crippen LogP contribution in [-0.2, 0) is 6.42 Å². The molecular formula is C13H17N3OS. The summed E-state index contributed by atoms with van der Waals surface area (Å²) in [5, 5.41) is 0. The van der Waals surface area contributed by atoms with Gasteiger partial charge in [0.15, 0.2) is 0 Å². The van der Waals surface area contributed by atoms with Gasteiger partial charge in [0.05, 0.1) is 17.8 Å². The van der Waals surface area contributed by atoms with Crippen LogP contribution >= 0.6 is 11.3 Å². The average Bonchev–Trinajstić information content (AvgIpc) is 2.76. The molecule has 2 rings (SSSR count). The van der Waals surface area contributed by atoms with Crippen molar-refractivity contribution in [2.75, 3.05) is 6.61 Å². The Kier molecular flexibility index (Phi) is 4.28. The Morgan fingerprint density at radius 3 is 2.78 bits per heavy atom. The molecule has 4 nitrogen and oxygen atoms in total. The summed E-state index contributed by atoms with van der Waals surface area (Å²) in [5.74, 6) is 0.640. The van der Waals surface area contributed by atoms with Crippen LogP contribution in [0.5, 0.6) is 5.88 Å². The Morgan fingerprint density at radius 2 is 2.22 bits per heavy atom. The standard InChI is InChI=1S/C13H17N3OS/c1-9(14)11-3-4-13(15-7-11)17-6-5-12-10(2)16-8-18-12/h3-4,7-9H,5-6,14H2,1-2H3/t9-/m1/s1. The van der Waals surface area contributed by atoms with Crippen LogP contribution in [0.4, 0.5) is 0 Å². The molecule has 0 aliphatic carbocycles. The van der Waals surface area contributed by atoms with E-state index in [0.717, 1.165) is 17.7 Å². The van der Waals surface area contributed by atoms with Crippen LogP contribution < -0.4 is 10.5 Å². The summed E-state index contributed by atoms with van der Waals surface area (Å²) in [5.41, 5.74) is 9.72. The Labute approximate surface area is 111 Å². The maximum Gasteiger partial charge on any atom is 0.213 e. The van der Waals surface area contributed by atoms with Crippen molar-refractivity contribution in [1.82, 2.24) is 9.97 Å². The maximum absolute atomic E-state index is 5.76. The van der Waals surface area contributed by atoms with Crippen molar-refractivity contribution in [3.63, 3.8) is 0 Å². The molecule has 0 spiro atoms. The van der Waals surface area contributed by atoms with E-state index in [9.17, 15) is 0 Å². The minimum absolute atomic E-state index is 0.00592. The first-order chi connectivity index (χ1) is 8.66. The number of pyridine rings is 1. The molecule has 5 heteroatoms. The normalized spacial score (nSPS) is 12.4. The van der Waals surface area contributed by atoms with Gasteiger partial charge in [-0.1, -0.05) is 6.07 Å². The first-order valence-corrected chi connectivity index (χ1v) is 6.78. The molecule has 0 radical (unpaired) electrons. The minimum atomic E-state index is 0.00592. The Bertz CT molecular complexity index is 493. The van der Waals surface area contributed by atoms with Crippen LogP contribution in [-0.4, -0.2) is 16.6 Å². The molecule has 0 aliphatic heterocycles. The van der Waals surface area contributed by atoms with Crippen molar-refractivity contribution in [3.05, 3.63) is 40.0 Å². The van der Waals surface area contributed by atoms with Crippen LogP contribution in [0.15, 0.2) is 23.8 Å². The highest BCUT2D eigenvalue weighted by Crippen LogP contribution is 2.15. The second-order valence-electron chi connectivity index (χ2n) is 4.18. The molecule has 0 fully saturated rings. The molecule has 2 aromatic rings. The first kappa shape index (κ1) is 13.0. The number of nitrogens with zero attached hydrogens (tertiary/aromatic N) is 2. The van der Waals surface area contributed by atoms with Gasteiger partial charge in [-0.25, -0.2) is 9.97 Å². The fraction of sp³-hybridized carbons (Fsp3) is 0.385. The molecule has 0 aromatic carbocycles. The number of aryl methyl sites for hydroxylation is 1. The van der Waals surface area contributed by atoms with E-state index in [2.05, 4.69) is 9.97 Å². The topological polar surface area (TPSA) is 61.0 Å². The molecule has 0 bridgehead atoms. The van der Waals surface area contributed by atoms with E-state index in [4.69, 9.17) is 10.5 Å². The van der Waals surface area contributed by atoms with E-state index in [1.54, 1.807) is 17.5 Å². The fourth-order valence-electron chi connectivity index (χ4n) is 1.56. The highest BCUT2D eigenvalue weighted by atomic mass is 32.1. The van der Waals surface area contributed by atoms with E-state index < -0.39 is 0 Å². The lowest BCUT2D eigenvalue weighted by Crippen LogP contribution is -2.06. The number of hydrogen-bond acceptors (Lipinski definition) is 5. The third kappa shape index (κ3) is 3.27. The van der Waals surface area contributed by atoms with Crippen LogP contribution in [0, 0.1) is 6.92 Å². The van der Waals surface area contributed by atoms with E-state index in [0.29, 0.717) is 12.5 Å². The lowest BCUT2D eigenvalue weighted by atomic mass is 10.2. The van der Waals surface area contributed by atoms with E-state index >= 15 is 0 Å². The monoisotopic (exact) mass is 263 g/mol. The van der Waals surface area contributed by atoms with Gasteiger partial charge in [0.25, 0.3) is 0 Å². The van der Waals surface area contributed by atoms with Gasteiger partial charge in [-0.2, -0.15) is 0 Å². The smallest absolute Gasteiger partial charge is 0.213 e. The van der Waals surface area contributed by atoms with Crippen LogP contribution in [0.2, 0.25) is 0 Å². The van der Waals surface area contributed by atoms with Crippen LogP contribution in [0.1, 0.15) is 29.1 Å². The zero-order valence-electron chi connectivity index (χ0n) is 10.6. The lowest BCUT2D eigenvalue weighted by molar-refractivity contribution is 0.310. The van der Waals surface area contributed by atoms with Gasteiger partial charge in [-0.05, 0) is 19.4 Å². The molecule has 0 saturated carbocycles. The number of nitrogens with two attached hydrogens (primary N) is 1. The largest absolute Gasteiger partial charge is 0.477 e. The molecule has 0 saturated heterocycles. The highest BCUT2D eigenvalue weighted by Gasteiger charge is 2.03. The summed E-state index contributed by atoms with van der Waals surface area (Å²) in [4.78, 5) is 9.70. The third-order valence-electron chi connectivity index (χ3n) is 2.71. The molecule has 2 heterocycles. The number of thiazole rings is 1. The number of aromatic nitrogens is 2. The van der Waals surface area contributed by atoms with Crippen molar-refractivity contribution in [3.8, 4) is 5.88 Å². The predicted octanol–water partition coefficient (Wildman–Crippen LogP) is 2.49. The quantitative estimate of drug-likeness (QED) is 0.900. The van der Waals surface area contributed by atoms with E-state index in [-0.39, 0.29) is 6.04 Å². The molecule has 0 unspecified atom stereocenters. The predicted molar refractivity (Wildman–Crippen MR) is 72.9 cm³/mol. The summed E-state index contributed by atoms with van der Waals surface area (Å²) in [7, 11) is 0. The Hall–Kier alpha value is -1.46. The molecule has 2 aromatic heterocycles. The van der Waals surface area contributed by atoms with Gasteiger partial charge >= 0.3 is 0 Å². The highest BCUT2D eigenvalue weighted by molar-refractivity contribution is 7.09. The second kappa shape index (κ2) is 5.93.